The number of hydrazone groups is 1. The van der Waals surface area contributed by atoms with Crippen molar-refractivity contribution < 1.29 is 9.21 Å². The minimum atomic E-state index is -0.540. The average molecular weight is 342 g/mol. The van der Waals surface area contributed by atoms with Gasteiger partial charge in [-0.05, 0) is 43.3 Å². The van der Waals surface area contributed by atoms with Crippen LogP contribution in [0, 0.1) is 0 Å². The lowest BCUT2D eigenvalue weighted by atomic mass is 10.1. The average Bonchev–Trinajstić information content (AvgIpc) is 2.60. The van der Waals surface area contributed by atoms with Gasteiger partial charge in [0.2, 0.25) is 0 Å². The number of nitrogens with one attached hydrogen (secondary N) is 1. The molecule has 0 bridgehead atoms. The first-order valence-corrected chi connectivity index (χ1v) is 7.41. The van der Waals surface area contributed by atoms with E-state index in [1.54, 1.807) is 49.5 Å². The SMILES string of the molecule is CC(=NNC(=O)c1cccnc1)c1cc2cc(Cl)ccc2oc1=O. The van der Waals surface area contributed by atoms with E-state index >= 15 is 0 Å². The van der Waals surface area contributed by atoms with Gasteiger partial charge in [0, 0.05) is 22.8 Å². The van der Waals surface area contributed by atoms with Gasteiger partial charge in [0.25, 0.3) is 5.91 Å². The number of hydrogen-bond donors (Lipinski definition) is 1. The summed E-state index contributed by atoms with van der Waals surface area (Å²) in [4.78, 5) is 27.9. The maximum Gasteiger partial charge on any atom is 0.345 e. The highest BCUT2D eigenvalue weighted by atomic mass is 35.5. The van der Waals surface area contributed by atoms with Gasteiger partial charge in [-0.15, -0.1) is 0 Å². The highest BCUT2D eigenvalue weighted by Crippen LogP contribution is 2.19. The minimum absolute atomic E-state index is 0.247. The standard InChI is InChI=1S/C17H12ClN3O3/c1-10(20-21-16(22)11-3-2-6-19-9-11)14-8-12-7-13(18)4-5-15(12)24-17(14)23/h2-9H,1H3,(H,21,22). The molecule has 0 fully saturated rings. The zero-order valence-corrected chi connectivity index (χ0v) is 13.4. The van der Waals surface area contributed by atoms with Gasteiger partial charge in [-0.25, -0.2) is 10.2 Å². The van der Waals surface area contributed by atoms with E-state index in [1.165, 1.54) is 6.20 Å². The molecule has 1 N–H and O–H groups in total. The van der Waals surface area contributed by atoms with Crippen molar-refractivity contribution in [3.63, 3.8) is 0 Å². The van der Waals surface area contributed by atoms with E-state index in [-0.39, 0.29) is 5.56 Å². The highest BCUT2D eigenvalue weighted by molar-refractivity contribution is 6.31. The highest BCUT2D eigenvalue weighted by Gasteiger charge is 2.10. The number of halogens is 1. The maximum atomic E-state index is 12.1. The van der Waals surface area contributed by atoms with Crippen LogP contribution in [-0.2, 0) is 0 Å². The minimum Gasteiger partial charge on any atom is -0.422 e. The van der Waals surface area contributed by atoms with Gasteiger partial charge in [0.1, 0.15) is 5.58 Å². The largest absolute Gasteiger partial charge is 0.422 e. The normalized spacial score (nSPS) is 11.5. The van der Waals surface area contributed by atoms with Crippen molar-refractivity contribution in [3.8, 4) is 0 Å². The second-order valence-corrected chi connectivity index (χ2v) is 5.45. The summed E-state index contributed by atoms with van der Waals surface area (Å²) in [7, 11) is 0. The Morgan fingerprint density at radius 3 is 2.88 bits per heavy atom. The van der Waals surface area contributed by atoms with Gasteiger partial charge in [0.15, 0.2) is 0 Å². The second-order valence-electron chi connectivity index (χ2n) is 5.01. The number of hydrogen-bond acceptors (Lipinski definition) is 5. The number of carbonyl (C=O) groups is 1. The monoisotopic (exact) mass is 341 g/mol. The van der Waals surface area contributed by atoms with Crippen molar-refractivity contribution in [3.05, 3.63) is 75.4 Å². The molecular weight excluding hydrogens is 330 g/mol. The molecular formula is C17H12ClN3O3. The molecule has 0 aliphatic rings. The van der Waals surface area contributed by atoms with Gasteiger partial charge in [-0.1, -0.05) is 11.6 Å². The predicted molar refractivity (Wildman–Crippen MR) is 91.4 cm³/mol. The summed E-state index contributed by atoms with van der Waals surface area (Å²) in [6.07, 6.45) is 2.99. The third kappa shape index (κ3) is 3.33. The fraction of sp³-hybridized carbons (Fsp3) is 0.0588. The topological polar surface area (TPSA) is 84.6 Å². The second kappa shape index (κ2) is 6.64. The van der Waals surface area contributed by atoms with Crippen molar-refractivity contribution in [1.29, 1.82) is 0 Å². The molecule has 0 aliphatic carbocycles. The number of carbonyl (C=O) groups excluding carboxylic acids is 1. The molecule has 7 heteroatoms. The Morgan fingerprint density at radius 1 is 1.29 bits per heavy atom. The van der Waals surface area contributed by atoms with Crippen LogP contribution in [-0.4, -0.2) is 16.6 Å². The van der Waals surface area contributed by atoms with Gasteiger partial charge in [0.05, 0.1) is 16.8 Å². The molecule has 0 saturated carbocycles. The summed E-state index contributed by atoms with van der Waals surface area (Å²) in [6.45, 7) is 1.60. The van der Waals surface area contributed by atoms with Crippen molar-refractivity contribution in [2.75, 3.05) is 0 Å². The first kappa shape index (κ1) is 15.9. The number of nitrogens with zero attached hydrogens (tertiary/aromatic N) is 2. The number of amides is 1. The summed E-state index contributed by atoms with van der Waals surface area (Å²) >= 11 is 5.95. The van der Waals surface area contributed by atoms with Crippen LogP contribution < -0.4 is 11.1 Å². The molecule has 2 heterocycles. The number of aromatic nitrogens is 1. The van der Waals surface area contributed by atoms with Crippen molar-refractivity contribution in [2.45, 2.75) is 6.92 Å². The van der Waals surface area contributed by atoms with E-state index in [0.717, 1.165) is 0 Å². The van der Waals surface area contributed by atoms with Crippen molar-refractivity contribution in [2.24, 2.45) is 5.10 Å². The van der Waals surface area contributed by atoms with E-state index in [9.17, 15) is 9.59 Å². The fourth-order valence-corrected chi connectivity index (χ4v) is 2.28. The molecule has 0 aliphatic heterocycles. The summed E-state index contributed by atoms with van der Waals surface area (Å²) in [5.41, 5.74) is 3.21. The van der Waals surface area contributed by atoms with Crippen LogP contribution >= 0.6 is 11.6 Å². The first-order chi connectivity index (χ1) is 11.5. The molecule has 0 radical (unpaired) electrons. The van der Waals surface area contributed by atoms with E-state index in [1.807, 2.05) is 0 Å². The fourth-order valence-electron chi connectivity index (χ4n) is 2.10. The molecule has 1 amide bonds. The van der Waals surface area contributed by atoms with Gasteiger partial charge in [-0.2, -0.15) is 5.10 Å². The number of rotatable bonds is 3. The lowest BCUT2D eigenvalue weighted by Gasteiger charge is -2.04. The van der Waals surface area contributed by atoms with Crippen LogP contribution in [0.25, 0.3) is 11.0 Å². The summed E-state index contributed by atoms with van der Waals surface area (Å²) < 4.78 is 5.24. The molecule has 2 aromatic heterocycles. The lowest BCUT2D eigenvalue weighted by molar-refractivity contribution is 0.0954. The van der Waals surface area contributed by atoms with Gasteiger partial charge >= 0.3 is 5.63 Å². The quantitative estimate of drug-likeness (QED) is 0.451. The molecule has 0 unspecified atom stereocenters. The van der Waals surface area contributed by atoms with Crippen molar-refractivity contribution in [1.82, 2.24) is 10.4 Å². The Bertz CT molecular complexity index is 997. The van der Waals surface area contributed by atoms with E-state index in [0.29, 0.717) is 27.3 Å². The smallest absolute Gasteiger partial charge is 0.345 e. The number of pyridine rings is 1. The van der Waals surface area contributed by atoms with Crippen molar-refractivity contribution >= 4 is 34.2 Å². The molecule has 1 aromatic carbocycles. The van der Waals surface area contributed by atoms with Gasteiger partial charge < -0.3 is 4.42 Å². The molecule has 24 heavy (non-hydrogen) atoms. The van der Waals surface area contributed by atoms with Crippen LogP contribution in [0.3, 0.4) is 0 Å². The summed E-state index contributed by atoms with van der Waals surface area (Å²) in [5, 5.41) is 5.16. The molecule has 6 nitrogen and oxygen atoms in total. The Kier molecular flexibility index (Phi) is 4.39. The zero-order valence-electron chi connectivity index (χ0n) is 12.6. The van der Waals surface area contributed by atoms with Crippen LogP contribution in [0.1, 0.15) is 22.8 Å². The van der Waals surface area contributed by atoms with Gasteiger partial charge in [-0.3, -0.25) is 9.78 Å². The molecule has 0 atom stereocenters. The molecule has 0 saturated heterocycles. The summed E-state index contributed by atoms with van der Waals surface area (Å²) in [5.74, 6) is -0.421. The van der Waals surface area contributed by atoms with Crippen LogP contribution in [0.4, 0.5) is 0 Å². The van der Waals surface area contributed by atoms with E-state index < -0.39 is 11.5 Å². The Labute approximate surface area is 141 Å². The molecule has 0 spiro atoms. The Morgan fingerprint density at radius 2 is 2.12 bits per heavy atom. The van der Waals surface area contributed by atoms with Crippen LogP contribution in [0.5, 0.6) is 0 Å². The van der Waals surface area contributed by atoms with Crippen LogP contribution in [0.2, 0.25) is 5.02 Å². The zero-order chi connectivity index (χ0) is 17.1. The number of fused-ring (bicyclic) bond motifs is 1. The Balaban J connectivity index is 1.90. The summed E-state index contributed by atoms with van der Waals surface area (Å²) in [6, 6.07) is 9.83. The van der Waals surface area contributed by atoms with E-state index in [2.05, 4.69) is 15.5 Å². The third-order valence-electron chi connectivity index (χ3n) is 3.33. The third-order valence-corrected chi connectivity index (χ3v) is 3.57. The molecule has 120 valence electrons. The van der Waals surface area contributed by atoms with Crippen LogP contribution in [0.15, 0.2) is 63.1 Å². The molecule has 3 rings (SSSR count). The van der Waals surface area contributed by atoms with E-state index in [4.69, 9.17) is 16.0 Å². The predicted octanol–water partition coefficient (Wildman–Crippen LogP) is 3.00. The number of benzene rings is 1. The lowest BCUT2D eigenvalue weighted by Crippen LogP contribution is -2.21. The molecule has 3 aromatic rings. The maximum absolute atomic E-state index is 12.1. The Hall–Kier alpha value is -2.99. The first-order valence-electron chi connectivity index (χ1n) is 7.03.